The lowest BCUT2D eigenvalue weighted by atomic mass is 10.00. The van der Waals surface area contributed by atoms with E-state index >= 15 is 0 Å². The van der Waals surface area contributed by atoms with Crippen molar-refractivity contribution in [1.29, 1.82) is 0 Å². The van der Waals surface area contributed by atoms with E-state index in [1.54, 1.807) is 12.1 Å². The van der Waals surface area contributed by atoms with E-state index in [0.29, 0.717) is 18.2 Å². The molecule has 1 saturated heterocycles. The van der Waals surface area contributed by atoms with Crippen LogP contribution in [0.1, 0.15) is 12.8 Å². The molecule has 3 rings (SSSR count). The van der Waals surface area contributed by atoms with Crippen LogP contribution in [0.25, 0.3) is 0 Å². The van der Waals surface area contributed by atoms with E-state index in [4.69, 9.17) is 11.6 Å². The van der Waals surface area contributed by atoms with Crippen LogP contribution in [-0.2, 0) is 0 Å². The molecule has 1 aromatic carbocycles. The van der Waals surface area contributed by atoms with E-state index in [1.165, 1.54) is 6.07 Å². The lowest BCUT2D eigenvalue weighted by molar-refractivity contribution is -0.384. The highest BCUT2D eigenvalue weighted by molar-refractivity contribution is 6.33. The molecule has 1 aliphatic heterocycles. The van der Waals surface area contributed by atoms with Crippen molar-refractivity contribution >= 4 is 23.0 Å². The molecule has 1 aromatic rings. The summed E-state index contributed by atoms with van der Waals surface area (Å²) in [4.78, 5) is 12.7. The summed E-state index contributed by atoms with van der Waals surface area (Å²) in [6, 6.07) is 5.00. The minimum atomic E-state index is -0.428. The number of nitro groups is 1. The first kappa shape index (κ1) is 12.7. The Kier molecular flexibility index (Phi) is 3.11. The molecule has 1 aliphatic carbocycles. The Bertz CT molecular complexity index is 523. The van der Waals surface area contributed by atoms with E-state index in [-0.39, 0.29) is 22.7 Å². The quantitative estimate of drug-likeness (QED) is 0.668. The molecule has 1 heterocycles. The number of fused-ring (bicyclic) bond motifs is 1. The van der Waals surface area contributed by atoms with Gasteiger partial charge in [-0.2, -0.15) is 0 Å². The van der Waals surface area contributed by atoms with E-state index in [9.17, 15) is 15.2 Å². The van der Waals surface area contributed by atoms with Crippen LogP contribution in [0.2, 0.25) is 5.02 Å². The summed E-state index contributed by atoms with van der Waals surface area (Å²) < 4.78 is 0. The van der Waals surface area contributed by atoms with Crippen LogP contribution in [-0.4, -0.2) is 29.2 Å². The summed E-state index contributed by atoms with van der Waals surface area (Å²) in [6.45, 7) is 1.44. The van der Waals surface area contributed by atoms with Crippen LogP contribution in [0, 0.1) is 22.0 Å². The van der Waals surface area contributed by atoms with Gasteiger partial charge in [0, 0.05) is 19.0 Å². The number of nitrogens with zero attached hydrogens (tertiary/aromatic N) is 2. The van der Waals surface area contributed by atoms with Gasteiger partial charge in [0.05, 0.1) is 11.0 Å². The maximum Gasteiger partial charge on any atom is 0.310 e. The fourth-order valence-corrected chi connectivity index (χ4v) is 3.61. The number of hydrogen-bond donors (Lipinski definition) is 1. The smallest absolute Gasteiger partial charge is 0.310 e. The lowest BCUT2D eigenvalue weighted by Crippen LogP contribution is -2.25. The maximum absolute atomic E-state index is 11.2. The Morgan fingerprint density at radius 1 is 1.37 bits per heavy atom. The zero-order valence-electron chi connectivity index (χ0n) is 10.3. The summed E-state index contributed by atoms with van der Waals surface area (Å²) in [6.07, 6.45) is 1.57. The van der Waals surface area contributed by atoms with Crippen LogP contribution in [0.3, 0.4) is 0 Å². The average molecular weight is 283 g/mol. The van der Waals surface area contributed by atoms with Crippen molar-refractivity contribution in [3.63, 3.8) is 0 Å². The number of benzene rings is 1. The van der Waals surface area contributed by atoms with Gasteiger partial charge in [-0.15, -0.1) is 0 Å². The van der Waals surface area contributed by atoms with E-state index in [0.717, 1.165) is 19.4 Å². The number of halogens is 1. The fraction of sp³-hybridized carbons (Fsp3) is 0.538. The third-order valence-electron chi connectivity index (χ3n) is 4.31. The summed E-state index contributed by atoms with van der Waals surface area (Å²) in [7, 11) is 0. The Hall–Kier alpha value is -1.33. The Labute approximate surface area is 115 Å². The minimum absolute atomic E-state index is 0.0290. The van der Waals surface area contributed by atoms with Crippen molar-refractivity contribution in [3.8, 4) is 0 Å². The minimum Gasteiger partial charge on any atom is -0.393 e. The SMILES string of the molecule is O=[N+]([O-])c1c(Cl)cccc1N1CC2CCC(O)C2C1. The van der Waals surface area contributed by atoms with Gasteiger partial charge >= 0.3 is 5.69 Å². The molecule has 0 amide bonds. The van der Waals surface area contributed by atoms with Crippen LogP contribution >= 0.6 is 11.6 Å². The van der Waals surface area contributed by atoms with E-state index in [1.807, 2.05) is 4.90 Å². The predicted octanol–water partition coefficient (Wildman–Crippen LogP) is 2.46. The first-order chi connectivity index (χ1) is 9.08. The van der Waals surface area contributed by atoms with Gasteiger partial charge in [-0.1, -0.05) is 17.7 Å². The number of aliphatic hydroxyl groups is 1. The summed E-state index contributed by atoms with van der Waals surface area (Å²) in [5.74, 6) is 0.673. The van der Waals surface area contributed by atoms with Gasteiger partial charge in [0.25, 0.3) is 0 Å². The highest BCUT2D eigenvalue weighted by atomic mass is 35.5. The summed E-state index contributed by atoms with van der Waals surface area (Å²) in [5, 5.41) is 21.2. The molecule has 0 spiro atoms. The Morgan fingerprint density at radius 2 is 2.16 bits per heavy atom. The van der Waals surface area contributed by atoms with E-state index < -0.39 is 4.92 Å². The molecule has 1 N–H and O–H groups in total. The van der Waals surface area contributed by atoms with Gasteiger partial charge in [0.15, 0.2) is 0 Å². The van der Waals surface area contributed by atoms with Crippen molar-refractivity contribution < 1.29 is 10.0 Å². The molecule has 1 saturated carbocycles. The molecule has 6 heteroatoms. The van der Waals surface area contributed by atoms with Crippen LogP contribution < -0.4 is 4.90 Å². The predicted molar refractivity (Wildman–Crippen MR) is 72.5 cm³/mol. The number of aliphatic hydroxyl groups excluding tert-OH is 1. The standard InChI is InChI=1S/C13H15ClN2O3/c14-10-2-1-3-11(13(10)16(18)19)15-6-8-4-5-12(17)9(8)7-15/h1-3,8-9,12,17H,4-7H2. The van der Waals surface area contributed by atoms with Crippen molar-refractivity contribution in [2.75, 3.05) is 18.0 Å². The molecule has 0 radical (unpaired) electrons. The van der Waals surface area contributed by atoms with Gasteiger partial charge in [-0.05, 0) is 30.9 Å². The van der Waals surface area contributed by atoms with Gasteiger partial charge < -0.3 is 10.0 Å². The summed E-state index contributed by atoms with van der Waals surface area (Å²) >= 11 is 5.93. The van der Waals surface area contributed by atoms with E-state index in [2.05, 4.69) is 0 Å². The maximum atomic E-state index is 11.2. The second-order valence-electron chi connectivity index (χ2n) is 5.34. The first-order valence-corrected chi connectivity index (χ1v) is 6.81. The molecular weight excluding hydrogens is 268 g/mol. The zero-order chi connectivity index (χ0) is 13.6. The van der Waals surface area contributed by atoms with Crippen molar-refractivity contribution in [2.24, 2.45) is 11.8 Å². The molecule has 0 aromatic heterocycles. The largest absolute Gasteiger partial charge is 0.393 e. The van der Waals surface area contributed by atoms with Crippen LogP contribution in [0.5, 0.6) is 0 Å². The molecule has 0 bridgehead atoms. The molecule has 5 nitrogen and oxygen atoms in total. The molecule has 2 fully saturated rings. The highest BCUT2D eigenvalue weighted by Crippen LogP contribution is 2.43. The average Bonchev–Trinajstić information content (AvgIpc) is 2.91. The van der Waals surface area contributed by atoms with Gasteiger partial charge in [-0.3, -0.25) is 10.1 Å². The van der Waals surface area contributed by atoms with Crippen molar-refractivity contribution in [1.82, 2.24) is 0 Å². The first-order valence-electron chi connectivity index (χ1n) is 6.44. The third kappa shape index (κ3) is 2.07. The second kappa shape index (κ2) is 4.65. The highest BCUT2D eigenvalue weighted by Gasteiger charge is 2.43. The van der Waals surface area contributed by atoms with Crippen LogP contribution in [0.4, 0.5) is 11.4 Å². The van der Waals surface area contributed by atoms with Gasteiger partial charge in [-0.25, -0.2) is 0 Å². The second-order valence-corrected chi connectivity index (χ2v) is 5.75. The monoisotopic (exact) mass is 282 g/mol. The normalized spacial score (nSPS) is 29.6. The zero-order valence-corrected chi connectivity index (χ0v) is 11.1. The summed E-state index contributed by atoms with van der Waals surface area (Å²) in [5.41, 5.74) is 0.540. The van der Waals surface area contributed by atoms with Gasteiger partial charge in [0.2, 0.25) is 0 Å². The topological polar surface area (TPSA) is 66.6 Å². The molecule has 2 aliphatic rings. The Morgan fingerprint density at radius 3 is 2.84 bits per heavy atom. The van der Waals surface area contributed by atoms with Crippen molar-refractivity contribution in [3.05, 3.63) is 33.3 Å². The molecule has 3 unspecified atom stereocenters. The number of hydrogen-bond acceptors (Lipinski definition) is 4. The number of para-hydroxylation sites is 1. The number of rotatable bonds is 2. The Balaban J connectivity index is 1.92. The number of anilines is 1. The molecule has 3 atom stereocenters. The third-order valence-corrected chi connectivity index (χ3v) is 4.61. The lowest BCUT2D eigenvalue weighted by Gasteiger charge is -2.20. The van der Waals surface area contributed by atoms with Gasteiger partial charge in [0.1, 0.15) is 10.7 Å². The molecular formula is C13H15ClN2O3. The fourth-order valence-electron chi connectivity index (χ4n) is 3.37. The molecule has 19 heavy (non-hydrogen) atoms. The van der Waals surface area contributed by atoms with Crippen LogP contribution in [0.15, 0.2) is 18.2 Å². The number of nitro benzene ring substituents is 1. The molecule has 102 valence electrons. The van der Waals surface area contributed by atoms with Crippen molar-refractivity contribution in [2.45, 2.75) is 18.9 Å².